The molecule has 8 heteroatoms. The first-order valence-corrected chi connectivity index (χ1v) is 14.1. The van der Waals surface area contributed by atoms with Gasteiger partial charge in [-0.2, -0.15) is 0 Å². The molecular weight excluding hydrogens is 512 g/mol. The van der Waals surface area contributed by atoms with E-state index in [4.69, 9.17) is 4.74 Å². The molecule has 0 aromatic heterocycles. The highest BCUT2D eigenvalue weighted by atomic mass is 16.6. The minimum atomic E-state index is -0.579. The van der Waals surface area contributed by atoms with Gasteiger partial charge in [0.15, 0.2) is 0 Å². The lowest BCUT2D eigenvalue weighted by Gasteiger charge is -2.47. The monoisotopic (exact) mass is 559 g/mol. The largest absolute Gasteiger partial charge is 0.466 e. The van der Waals surface area contributed by atoms with E-state index >= 15 is 0 Å². The van der Waals surface area contributed by atoms with Gasteiger partial charge in [0.1, 0.15) is 0 Å². The van der Waals surface area contributed by atoms with Crippen molar-refractivity contribution in [2.24, 2.45) is 47.3 Å². The average Bonchev–Trinajstić information content (AvgIpc) is 3.41. The zero-order valence-corrected chi connectivity index (χ0v) is 25.0. The summed E-state index contributed by atoms with van der Waals surface area (Å²) in [7, 11) is 0. The number of fused-ring (bicyclic) bond motifs is 1. The van der Waals surface area contributed by atoms with Gasteiger partial charge in [-0.1, -0.05) is 63.1 Å². The molecule has 8 nitrogen and oxygen atoms in total. The SMILES string of the molecule is CC1=CCC(C(C)C)C=C1.CC1=C[C@@H]2C(C(C)C)C[C@@H]1[C@@H]1C(=O)OC(=O)[C@@H]12.CCOC(C)=O.O=C1C=CC(=O)O1.[2HH]. The minimum absolute atomic E-state index is 0. The van der Waals surface area contributed by atoms with Gasteiger partial charge >= 0.3 is 29.8 Å². The second-order valence-electron chi connectivity index (χ2n) is 11.5. The molecule has 1 saturated heterocycles. The highest BCUT2D eigenvalue weighted by Crippen LogP contribution is 2.55. The molecule has 0 N–H and O–H groups in total. The standard InChI is InChI=1S/C14H18O3.C10H16.C4H2O3.C4H8O2.H2/c1-6(2)8-5-9-7(3)4-10(8)12-11(9)13(15)17-14(12)16;1-8(2)10-6-4-9(3)5-7-10;5-3-1-2-4(6)7-3;1-3-6-4(2)5;/h4,6,8-12H,5H2,1-3H3;4-6,8,10H,7H2,1-3H3;1-2H;3H2,1-2H3;1H/t8?,9-,10+,11-,12+;;;;/m0..../s1/i;;;;1+1. The maximum absolute atomic E-state index is 11.8. The summed E-state index contributed by atoms with van der Waals surface area (Å²) >= 11 is 0. The van der Waals surface area contributed by atoms with Crippen LogP contribution < -0.4 is 0 Å². The molecule has 2 heterocycles. The normalized spacial score (nSPS) is 29.1. The topological polar surface area (TPSA) is 113 Å². The highest BCUT2D eigenvalue weighted by Gasteiger charge is 2.59. The Balaban J connectivity index is 0.000000300. The second-order valence-corrected chi connectivity index (χ2v) is 11.5. The molecule has 6 atom stereocenters. The number of ether oxygens (including phenoxy) is 3. The number of hydrogen-bond donors (Lipinski definition) is 0. The van der Waals surface area contributed by atoms with Crippen molar-refractivity contribution in [1.82, 2.24) is 0 Å². The van der Waals surface area contributed by atoms with Crippen molar-refractivity contribution in [1.29, 1.82) is 0 Å². The molecule has 0 aromatic carbocycles. The van der Waals surface area contributed by atoms with Crippen LogP contribution in [0.15, 0.2) is 47.6 Å². The van der Waals surface area contributed by atoms with Crippen molar-refractivity contribution in [3.8, 4) is 0 Å². The summed E-state index contributed by atoms with van der Waals surface area (Å²) in [4.78, 5) is 53.2. The van der Waals surface area contributed by atoms with Crippen molar-refractivity contribution < 1.29 is 39.6 Å². The number of rotatable bonds is 3. The number of hydrogen-bond acceptors (Lipinski definition) is 8. The van der Waals surface area contributed by atoms with Crippen LogP contribution in [0.3, 0.4) is 0 Å². The molecule has 1 saturated carbocycles. The number of allylic oxidation sites excluding steroid dienone is 6. The van der Waals surface area contributed by atoms with Gasteiger partial charge in [-0.25, -0.2) is 9.59 Å². The van der Waals surface area contributed by atoms with E-state index in [1.807, 2.05) is 0 Å². The Morgan fingerprint density at radius 2 is 1.55 bits per heavy atom. The molecule has 4 aliphatic carbocycles. The van der Waals surface area contributed by atoms with Gasteiger partial charge in [0.25, 0.3) is 0 Å². The van der Waals surface area contributed by atoms with Crippen LogP contribution in [-0.4, -0.2) is 36.5 Å². The first-order chi connectivity index (χ1) is 18.8. The van der Waals surface area contributed by atoms with Crippen molar-refractivity contribution >= 4 is 29.8 Å². The summed E-state index contributed by atoms with van der Waals surface area (Å²) in [5.74, 6) is 0.760. The minimum Gasteiger partial charge on any atom is -0.466 e. The van der Waals surface area contributed by atoms with E-state index in [0.29, 0.717) is 18.4 Å². The lowest BCUT2D eigenvalue weighted by Crippen LogP contribution is -2.46. The second kappa shape index (κ2) is 14.9. The maximum Gasteiger partial charge on any atom is 0.338 e. The third-order valence-electron chi connectivity index (χ3n) is 7.98. The van der Waals surface area contributed by atoms with Crippen molar-refractivity contribution in [3.05, 3.63) is 47.6 Å². The molecule has 2 unspecified atom stereocenters. The first kappa shape index (κ1) is 32.9. The molecule has 6 aliphatic rings. The summed E-state index contributed by atoms with van der Waals surface area (Å²) in [6.45, 7) is 16.9. The van der Waals surface area contributed by atoms with Gasteiger partial charge in [0.2, 0.25) is 0 Å². The molecule has 0 amide bonds. The Morgan fingerprint density at radius 1 is 0.950 bits per heavy atom. The van der Waals surface area contributed by atoms with Crippen LogP contribution in [0, 0.1) is 47.3 Å². The van der Waals surface area contributed by atoms with E-state index in [-0.39, 0.29) is 43.0 Å². The lowest BCUT2D eigenvalue weighted by atomic mass is 9.54. The molecule has 0 spiro atoms. The van der Waals surface area contributed by atoms with Gasteiger partial charge < -0.3 is 14.2 Å². The predicted octanol–water partition coefficient (Wildman–Crippen LogP) is 5.78. The summed E-state index contributed by atoms with van der Waals surface area (Å²) < 4.78 is 13.2. The average molecular weight is 560 g/mol. The highest BCUT2D eigenvalue weighted by molar-refractivity contribution is 6.04. The summed E-state index contributed by atoms with van der Waals surface area (Å²) in [5.41, 5.74) is 2.69. The van der Waals surface area contributed by atoms with E-state index in [2.05, 4.69) is 75.3 Å². The number of carbonyl (C=O) groups is 5. The van der Waals surface area contributed by atoms with Gasteiger partial charge in [0, 0.05) is 20.5 Å². The van der Waals surface area contributed by atoms with E-state index in [1.165, 1.54) is 24.5 Å². The number of cyclic esters (lactones) is 4. The molecule has 2 bridgehead atoms. The van der Waals surface area contributed by atoms with Crippen LogP contribution in [0.2, 0.25) is 0 Å². The predicted molar refractivity (Wildman–Crippen MR) is 152 cm³/mol. The van der Waals surface area contributed by atoms with Gasteiger partial charge in [-0.15, -0.1) is 0 Å². The molecule has 2 fully saturated rings. The van der Waals surface area contributed by atoms with E-state index in [1.54, 1.807) is 6.92 Å². The van der Waals surface area contributed by atoms with Gasteiger partial charge in [-0.05, 0) is 69.1 Å². The molecule has 40 heavy (non-hydrogen) atoms. The Morgan fingerprint density at radius 3 is 1.95 bits per heavy atom. The first-order valence-electron chi connectivity index (χ1n) is 14.1. The quantitative estimate of drug-likeness (QED) is 0.185. The Bertz CT molecular complexity index is 1080. The van der Waals surface area contributed by atoms with Crippen LogP contribution in [-0.2, 0) is 38.2 Å². The van der Waals surface area contributed by atoms with E-state index < -0.39 is 11.9 Å². The van der Waals surface area contributed by atoms with Crippen LogP contribution >= 0.6 is 0 Å². The molecule has 0 aromatic rings. The van der Waals surface area contributed by atoms with Crippen LogP contribution in [0.5, 0.6) is 0 Å². The van der Waals surface area contributed by atoms with Crippen molar-refractivity contribution in [2.75, 3.05) is 6.61 Å². The molecule has 2 aliphatic heterocycles. The fraction of sp³-hybridized carbons (Fsp3) is 0.594. The van der Waals surface area contributed by atoms with Crippen LogP contribution in [0.4, 0.5) is 0 Å². The smallest absolute Gasteiger partial charge is 0.338 e. The fourth-order valence-electron chi connectivity index (χ4n) is 5.79. The molecule has 0 radical (unpaired) electrons. The van der Waals surface area contributed by atoms with Gasteiger partial charge in [0.05, 0.1) is 18.4 Å². The van der Waals surface area contributed by atoms with Crippen LogP contribution in [0.1, 0.15) is 69.7 Å². The third-order valence-corrected chi connectivity index (χ3v) is 7.98. The molecular formula is C32H46O8. The van der Waals surface area contributed by atoms with Gasteiger partial charge in [-0.3, -0.25) is 14.4 Å². The van der Waals surface area contributed by atoms with Crippen LogP contribution in [0.25, 0.3) is 0 Å². The maximum atomic E-state index is 11.8. The summed E-state index contributed by atoms with van der Waals surface area (Å²) in [5, 5.41) is 0. The van der Waals surface area contributed by atoms with E-state index in [9.17, 15) is 24.0 Å². The molecule has 222 valence electrons. The third kappa shape index (κ3) is 8.86. The van der Waals surface area contributed by atoms with Crippen molar-refractivity contribution in [3.63, 3.8) is 0 Å². The summed E-state index contributed by atoms with van der Waals surface area (Å²) in [6, 6.07) is 0. The van der Waals surface area contributed by atoms with Crippen molar-refractivity contribution in [2.45, 2.75) is 68.2 Å². The lowest BCUT2D eigenvalue weighted by molar-refractivity contribution is -0.154. The number of carbonyl (C=O) groups excluding carboxylic acids is 5. The number of esters is 5. The fourth-order valence-corrected chi connectivity index (χ4v) is 5.79. The summed E-state index contributed by atoms with van der Waals surface area (Å²) in [6.07, 6.45) is 13.6. The Kier molecular flexibility index (Phi) is 12.3. The zero-order valence-electron chi connectivity index (χ0n) is 25.0. The Labute approximate surface area is 239 Å². The Hall–Kier alpha value is -3.29. The zero-order chi connectivity index (χ0) is 30.1. The molecule has 6 rings (SSSR count). The van der Waals surface area contributed by atoms with E-state index in [0.717, 1.165) is 30.4 Å².